The molecule has 3 rings (SSSR count). The highest BCUT2D eigenvalue weighted by molar-refractivity contribution is 5.74. The van der Waals surface area contributed by atoms with Gasteiger partial charge in [-0.1, -0.05) is 32.1 Å². The number of nitrogens with two attached hydrogens (primary N) is 1. The van der Waals surface area contributed by atoms with E-state index < -0.39 is 0 Å². The fourth-order valence-corrected chi connectivity index (χ4v) is 5.10. The van der Waals surface area contributed by atoms with Crippen LogP contribution >= 0.6 is 0 Å². The first-order valence-electron chi connectivity index (χ1n) is 8.72. The molecule has 2 N–H and O–H groups in total. The van der Waals surface area contributed by atoms with Crippen LogP contribution in [0.4, 0.5) is 4.79 Å². The molecule has 0 aromatic rings. The molecule has 0 bridgehead atoms. The molecule has 21 heavy (non-hydrogen) atoms. The average molecular weight is 293 g/mol. The van der Waals surface area contributed by atoms with E-state index in [1.165, 1.54) is 38.5 Å². The van der Waals surface area contributed by atoms with Gasteiger partial charge in [0, 0.05) is 32.7 Å². The lowest BCUT2D eigenvalue weighted by Gasteiger charge is -2.33. The van der Waals surface area contributed by atoms with Crippen molar-refractivity contribution in [3.63, 3.8) is 0 Å². The summed E-state index contributed by atoms with van der Waals surface area (Å²) in [5.41, 5.74) is 6.81. The van der Waals surface area contributed by atoms with Crippen LogP contribution in [0.1, 0.15) is 51.4 Å². The van der Waals surface area contributed by atoms with Crippen molar-refractivity contribution in [2.45, 2.75) is 56.9 Å². The maximum atomic E-state index is 12.1. The second-order valence-corrected chi connectivity index (χ2v) is 8.08. The topological polar surface area (TPSA) is 49.6 Å². The molecule has 3 aliphatic rings. The summed E-state index contributed by atoms with van der Waals surface area (Å²) in [6.45, 7) is 1.84. The summed E-state index contributed by atoms with van der Waals surface area (Å²) >= 11 is 0. The Morgan fingerprint density at radius 2 is 1.71 bits per heavy atom. The molecule has 1 aliphatic heterocycles. The molecule has 2 saturated carbocycles. The highest BCUT2D eigenvalue weighted by Crippen LogP contribution is 2.46. The summed E-state index contributed by atoms with van der Waals surface area (Å²) in [5.74, 6) is 2.15. The van der Waals surface area contributed by atoms with Crippen molar-refractivity contribution in [1.82, 2.24) is 9.80 Å². The summed E-state index contributed by atoms with van der Waals surface area (Å²) < 4.78 is 0. The molecule has 4 nitrogen and oxygen atoms in total. The van der Waals surface area contributed by atoms with Crippen molar-refractivity contribution in [3.8, 4) is 0 Å². The van der Waals surface area contributed by atoms with Crippen LogP contribution in [0, 0.1) is 17.8 Å². The summed E-state index contributed by atoms with van der Waals surface area (Å²) in [6, 6.07) is 0.166. The van der Waals surface area contributed by atoms with Crippen LogP contribution in [-0.2, 0) is 0 Å². The van der Waals surface area contributed by atoms with Gasteiger partial charge in [0.2, 0.25) is 0 Å². The minimum atomic E-state index is 0.0601. The highest BCUT2D eigenvalue weighted by atomic mass is 16.2. The standard InChI is InChI=1S/C17H31N3O/c1-19(2)16(21)20-11-14-9-17(18,10-15(14)12-20)8-13-6-4-3-5-7-13/h13-15H,3-12,18H2,1-2H3. The SMILES string of the molecule is CN(C)C(=O)N1CC2CC(N)(CC3CCCCC3)CC2C1. The zero-order valence-electron chi connectivity index (χ0n) is 13.7. The minimum Gasteiger partial charge on any atom is -0.331 e. The first-order valence-corrected chi connectivity index (χ1v) is 8.72. The number of rotatable bonds is 2. The third-order valence-corrected chi connectivity index (χ3v) is 5.99. The molecular formula is C17H31N3O. The van der Waals surface area contributed by atoms with Crippen molar-refractivity contribution in [1.29, 1.82) is 0 Å². The largest absolute Gasteiger partial charge is 0.331 e. The van der Waals surface area contributed by atoms with Gasteiger partial charge in [-0.3, -0.25) is 0 Å². The van der Waals surface area contributed by atoms with Gasteiger partial charge in [0.05, 0.1) is 0 Å². The van der Waals surface area contributed by atoms with Crippen molar-refractivity contribution in [3.05, 3.63) is 0 Å². The Labute approximate surface area is 129 Å². The van der Waals surface area contributed by atoms with E-state index in [1.807, 2.05) is 19.0 Å². The first-order chi connectivity index (χ1) is 9.97. The lowest BCUT2D eigenvalue weighted by Crippen LogP contribution is -2.43. The monoisotopic (exact) mass is 293 g/mol. The van der Waals surface area contributed by atoms with Crippen molar-refractivity contribution < 1.29 is 4.79 Å². The van der Waals surface area contributed by atoms with Gasteiger partial charge in [-0.05, 0) is 37.0 Å². The zero-order valence-corrected chi connectivity index (χ0v) is 13.7. The molecule has 0 aromatic carbocycles. The molecule has 2 amide bonds. The number of urea groups is 1. The number of hydrogen-bond acceptors (Lipinski definition) is 2. The Morgan fingerprint density at radius 1 is 1.14 bits per heavy atom. The normalized spacial score (nSPS) is 36.8. The Kier molecular flexibility index (Phi) is 4.17. The number of amides is 2. The molecule has 0 radical (unpaired) electrons. The first kappa shape index (κ1) is 15.1. The lowest BCUT2D eigenvalue weighted by molar-refractivity contribution is 0.173. The van der Waals surface area contributed by atoms with E-state index in [0.29, 0.717) is 11.8 Å². The second-order valence-electron chi connectivity index (χ2n) is 8.08. The number of nitrogens with zero attached hydrogens (tertiary/aromatic N) is 2. The number of hydrogen-bond donors (Lipinski definition) is 1. The van der Waals surface area contributed by atoms with Gasteiger partial charge < -0.3 is 15.5 Å². The predicted octanol–water partition coefficient (Wildman–Crippen LogP) is 2.68. The van der Waals surface area contributed by atoms with E-state index in [-0.39, 0.29) is 11.6 Å². The van der Waals surface area contributed by atoms with E-state index in [0.717, 1.165) is 31.8 Å². The Balaban J connectivity index is 1.54. The van der Waals surface area contributed by atoms with Gasteiger partial charge in [-0.25, -0.2) is 4.79 Å². The van der Waals surface area contributed by atoms with E-state index in [9.17, 15) is 4.79 Å². The van der Waals surface area contributed by atoms with Crippen LogP contribution < -0.4 is 5.73 Å². The van der Waals surface area contributed by atoms with Crippen LogP contribution in [0.5, 0.6) is 0 Å². The zero-order chi connectivity index (χ0) is 15.0. The fourth-order valence-electron chi connectivity index (χ4n) is 5.10. The summed E-state index contributed by atoms with van der Waals surface area (Å²) in [7, 11) is 3.68. The quantitative estimate of drug-likeness (QED) is 0.851. The fraction of sp³-hybridized carbons (Fsp3) is 0.941. The minimum absolute atomic E-state index is 0.0601. The maximum absolute atomic E-state index is 12.1. The second kappa shape index (κ2) is 5.79. The van der Waals surface area contributed by atoms with Crippen LogP contribution in [0.2, 0.25) is 0 Å². The Morgan fingerprint density at radius 3 is 2.24 bits per heavy atom. The van der Waals surface area contributed by atoms with Crippen molar-refractivity contribution in [2.24, 2.45) is 23.5 Å². The molecule has 0 aromatic heterocycles. The third-order valence-electron chi connectivity index (χ3n) is 5.99. The lowest BCUT2D eigenvalue weighted by atomic mass is 9.78. The van der Waals surface area contributed by atoms with Gasteiger partial charge in [0.15, 0.2) is 0 Å². The van der Waals surface area contributed by atoms with Gasteiger partial charge in [0.25, 0.3) is 0 Å². The van der Waals surface area contributed by atoms with Crippen molar-refractivity contribution in [2.75, 3.05) is 27.2 Å². The summed E-state index contributed by atoms with van der Waals surface area (Å²) in [4.78, 5) is 15.8. The Bertz CT molecular complexity index is 375. The van der Waals surface area contributed by atoms with Crippen molar-refractivity contribution >= 4 is 6.03 Å². The van der Waals surface area contributed by atoms with Crippen LogP contribution in [0.15, 0.2) is 0 Å². The summed E-state index contributed by atoms with van der Waals surface area (Å²) in [6.07, 6.45) is 10.5. The smallest absolute Gasteiger partial charge is 0.319 e. The molecule has 4 heteroatoms. The van der Waals surface area contributed by atoms with E-state index in [2.05, 4.69) is 0 Å². The molecule has 120 valence electrons. The molecule has 2 unspecified atom stereocenters. The Hall–Kier alpha value is -0.770. The highest BCUT2D eigenvalue weighted by Gasteiger charge is 2.48. The third kappa shape index (κ3) is 3.20. The molecule has 1 heterocycles. The number of likely N-dealkylation sites (tertiary alicyclic amines) is 1. The van der Waals surface area contributed by atoms with Gasteiger partial charge in [-0.2, -0.15) is 0 Å². The molecule has 0 spiro atoms. The maximum Gasteiger partial charge on any atom is 0.319 e. The number of carbonyl (C=O) groups excluding carboxylic acids is 1. The molecule has 2 aliphatic carbocycles. The average Bonchev–Trinajstić information content (AvgIpc) is 2.93. The van der Waals surface area contributed by atoms with Gasteiger partial charge in [0.1, 0.15) is 0 Å². The van der Waals surface area contributed by atoms with Crippen LogP contribution in [-0.4, -0.2) is 48.6 Å². The predicted molar refractivity (Wildman–Crippen MR) is 85.0 cm³/mol. The van der Waals surface area contributed by atoms with E-state index >= 15 is 0 Å². The van der Waals surface area contributed by atoms with Crippen LogP contribution in [0.3, 0.4) is 0 Å². The molecule has 1 saturated heterocycles. The van der Waals surface area contributed by atoms with E-state index in [4.69, 9.17) is 5.73 Å². The van der Waals surface area contributed by atoms with Gasteiger partial charge >= 0.3 is 6.03 Å². The van der Waals surface area contributed by atoms with Crippen LogP contribution in [0.25, 0.3) is 0 Å². The molecular weight excluding hydrogens is 262 g/mol. The van der Waals surface area contributed by atoms with Gasteiger partial charge in [-0.15, -0.1) is 0 Å². The molecule has 3 fully saturated rings. The molecule has 2 atom stereocenters. The number of carbonyl (C=O) groups is 1. The van der Waals surface area contributed by atoms with E-state index in [1.54, 1.807) is 4.90 Å². The summed E-state index contributed by atoms with van der Waals surface area (Å²) in [5, 5.41) is 0. The number of fused-ring (bicyclic) bond motifs is 1.